The van der Waals surface area contributed by atoms with Crippen LogP contribution in [0.1, 0.15) is 37.5 Å². The molecule has 0 radical (unpaired) electrons. The highest BCUT2D eigenvalue weighted by Crippen LogP contribution is 2.20. The Morgan fingerprint density at radius 1 is 1.50 bits per heavy atom. The summed E-state index contributed by atoms with van der Waals surface area (Å²) in [6, 6.07) is 2.87. The van der Waals surface area contributed by atoms with Gasteiger partial charge in [0.05, 0.1) is 12.8 Å². The molecule has 1 N–H and O–H groups in total. The molecule has 0 aliphatic carbocycles. The van der Waals surface area contributed by atoms with Gasteiger partial charge in [-0.05, 0) is 39.4 Å². The van der Waals surface area contributed by atoms with Crippen molar-refractivity contribution >= 4 is 0 Å². The second-order valence-electron chi connectivity index (χ2n) is 4.77. The quantitative estimate of drug-likeness (QED) is 0.848. The molecule has 1 aromatic rings. The standard InChI is InChI=1S/C13H22N2O/c1-11-5-3-4-6-15(11)9-13-7-12(8-14-2)10-16-13/h7,10-11,14H,3-6,8-9H2,1-2H3. The number of nitrogens with one attached hydrogen (secondary N) is 1. The molecule has 90 valence electrons. The van der Waals surface area contributed by atoms with Gasteiger partial charge in [-0.15, -0.1) is 0 Å². The monoisotopic (exact) mass is 222 g/mol. The lowest BCUT2D eigenvalue weighted by Gasteiger charge is -2.32. The molecule has 1 atom stereocenters. The average molecular weight is 222 g/mol. The van der Waals surface area contributed by atoms with Crippen molar-refractivity contribution in [1.29, 1.82) is 0 Å². The minimum absolute atomic E-state index is 0.701. The lowest BCUT2D eigenvalue weighted by Crippen LogP contribution is -2.36. The van der Waals surface area contributed by atoms with E-state index in [0.717, 1.165) is 18.8 Å². The normalized spacial score (nSPS) is 22.5. The summed E-state index contributed by atoms with van der Waals surface area (Å²) >= 11 is 0. The van der Waals surface area contributed by atoms with E-state index in [4.69, 9.17) is 4.42 Å². The van der Waals surface area contributed by atoms with E-state index in [1.54, 1.807) is 0 Å². The van der Waals surface area contributed by atoms with Crippen molar-refractivity contribution in [3.8, 4) is 0 Å². The van der Waals surface area contributed by atoms with Crippen molar-refractivity contribution in [2.75, 3.05) is 13.6 Å². The molecule has 0 saturated carbocycles. The third-order valence-corrected chi connectivity index (χ3v) is 3.39. The van der Waals surface area contributed by atoms with Gasteiger partial charge < -0.3 is 9.73 Å². The van der Waals surface area contributed by atoms with Gasteiger partial charge in [-0.1, -0.05) is 6.42 Å². The molecule has 3 heteroatoms. The van der Waals surface area contributed by atoms with Crippen LogP contribution in [0.4, 0.5) is 0 Å². The number of nitrogens with zero attached hydrogens (tertiary/aromatic N) is 1. The fourth-order valence-electron chi connectivity index (χ4n) is 2.40. The maximum absolute atomic E-state index is 5.59. The van der Waals surface area contributed by atoms with Gasteiger partial charge in [-0.3, -0.25) is 4.90 Å². The molecule has 0 amide bonds. The zero-order valence-corrected chi connectivity index (χ0v) is 10.3. The predicted octanol–water partition coefficient (Wildman–Crippen LogP) is 2.37. The lowest BCUT2D eigenvalue weighted by molar-refractivity contribution is 0.142. The van der Waals surface area contributed by atoms with E-state index in [1.165, 1.54) is 31.4 Å². The van der Waals surface area contributed by atoms with Gasteiger partial charge >= 0.3 is 0 Å². The second-order valence-corrected chi connectivity index (χ2v) is 4.77. The van der Waals surface area contributed by atoms with Gasteiger partial charge in [0, 0.05) is 18.2 Å². The minimum atomic E-state index is 0.701. The molecule has 1 saturated heterocycles. The molecule has 2 heterocycles. The van der Waals surface area contributed by atoms with Gasteiger partial charge in [-0.25, -0.2) is 0 Å². The van der Waals surface area contributed by atoms with Crippen molar-refractivity contribution in [1.82, 2.24) is 10.2 Å². The van der Waals surface area contributed by atoms with Crippen LogP contribution in [0.3, 0.4) is 0 Å². The molecule has 1 aliphatic rings. The number of likely N-dealkylation sites (tertiary alicyclic amines) is 1. The lowest BCUT2D eigenvalue weighted by atomic mass is 10.0. The summed E-state index contributed by atoms with van der Waals surface area (Å²) in [6.45, 7) is 5.38. The SMILES string of the molecule is CNCc1coc(CN2CCCCC2C)c1. The van der Waals surface area contributed by atoms with Crippen molar-refractivity contribution < 1.29 is 4.42 Å². The Balaban J connectivity index is 1.91. The van der Waals surface area contributed by atoms with Crippen molar-refractivity contribution in [2.24, 2.45) is 0 Å². The first-order valence-electron chi connectivity index (χ1n) is 6.24. The van der Waals surface area contributed by atoms with Crippen LogP contribution in [-0.2, 0) is 13.1 Å². The van der Waals surface area contributed by atoms with Crippen LogP contribution in [0.5, 0.6) is 0 Å². The zero-order chi connectivity index (χ0) is 11.4. The van der Waals surface area contributed by atoms with Crippen molar-refractivity contribution in [2.45, 2.75) is 45.3 Å². The second kappa shape index (κ2) is 5.51. The number of rotatable bonds is 4. The number of hydrogen-bond donors (Lipinski definition) is 1. The molecular weight excluding hydrogens is 200 g/mol. The molecule has 1 aliphatic heterocycles. The molecule has 0 aromatic carbocycles. The fourth-order valence-corrected chi connectivity index (χ4v) is 2.40. The number of piperidine rings is 1. The van der Waals surface area contributed by atoms with E-state index >= 15 is 0 Å². The third-order valence-electron chi connectivity index (χ3n) is 3.39. The predicted molar refractivity (Wildman–Crippen MR) is 65.2 cm³/mol. The number of furan rings is 1. The molecule has 3 nitrogen and oxygen atoms in total. The Morgan fingerprint density at radius 2 is 2.38 bits per heavy atom. The van der Waals surface area contributed by atoms with Crippen LogP contribution >= 0.6 is 0 Å². The maximum Gasteiger partial charge on any atom is 0.118 e. The maximum atomic E-state index is 5.59. The minimum Gasteiger partial charge on any atom is -0.468 e. The summed E-state index contributed by atoms with van der Waals surface area (Å²) in [6.07, 6.45) is 5.89. The van der Waals surface area contributed by atoms with E-state index in [0.29, 0.717) is 6.04 Å². The average Bonchev–Trinajstić information content (AvgIpc) is 2.70. The molecule has 1 unspecified atom stereocenters. The van der Waals surface area contributed by atoms with Crippen LogP contribution in [0.15, 0.2) is 16.7 Å². The van der Waals surface area contributed by atoms with Gasteiger partial charge in [0.25, 0.3) is 0 Å². The summed E-state index contributed by atoms with van der Waals surface area (Å²) in [5.41, 5.74) is 1.24. The largest absolute Gasteiger partial charge is 0.468 e. The van der Waals surface area contributed by atoms with Gasteiger partial charge in [-0.2, -0.15) is 0 Å². The Morgan fingerprint density at radius 3 is 3.12 bits per heavy atom. The molecule has 0 spiro atoms. The fraction of sp³-hybridized carbons (Fsp3) is 0.692. The molecular formula is C13H22N2O. The van der Waals surface area contributed by atoms with Gasteiger partial charge in [0.2, 0.25) is 0 Å². The Kier molecular flexibility index (Phi) is 4.02. The zero-order valence-electron chi connectivity index (χ0n) is 10.3. The number of hydrogen-bond acceptors (Lipinski definition) is 3. The molecule has 1 fully saturated rings. The summed E-state index contributed by atoms with van der Waals surface area (Å²) in [4.78, 5) is 2.52. The van der Waals surface area contributed by atoms with E-state index in [9.17, 15) is 0 Å². The molecule has 16 heavy (non-hydrogen) atoms. The molecule has 1 aromatic heterocycles. The van der Waals surface area contributed by atoms with E-state index in [1.807, 2.05) is 13.3 Å². The first-order chi connectivity index (χ1) is 7.79. The van der Waals surface area contributed by atoms with Crippen LogP contribution in [0, 0.1) is 0 Å². The highest BCUT2D eigenvalue weighted by atomic mass is 16.3. The first-order valence-corrected chi connectivity index (χ1v) is 6.24. The van der Waals surface area contributed by atoms with Crippen LogP contribution < -0.4 is 5.32 Å². The Hall–Kier alpha value is -0.800. The van der Waals surface area contributed by atoms with Gasteiger partial charge in [0.15, 0.2) is 0 Å². The smallest absolute Gasteiger partial charge is 0.118 e. The highest BCUT2D eigenvalue weighted by Gasteiger charge is 2.19. The van der Waals surface area contributed by atoms with Crippen LogP contribution in [0.2, 0.25) is 0 Å². The van der Waals surface area contributed by atoms with Gasteiger partial charge in [0.1, 0.15) is 5.76 Å². The highest BCUT2D eigenvalue weighted by molar-refractivity contribution is 5.12. The summed E-state index contributed by atoms with van der Waals surface area (Å²) < 4.78 is 5.59. The molecule has 2 rings (SSSR count). The third kappa shape index (κ3) is 2.86. The van der Waals surface area contributed by atoms with Crippen molar-refractivity contribution in [3.05, 3.63) is 23.7 Å². The van der Waals surface area contributed by atoms with Crippen LogP contribution in [0.25, 0.3) is 0 Å². The Bertz CT molecular complexity index is 321. The van der Waals surface area contributed by atoms with E-state index in [-0.39, 0.29) is 0 Å². The summed E-state index contributed by atoms with van der Waals surface area (Å²) in [5.74, 6) is 1.10. The van der Waals surface area contributed by atoms with E-state index in [2.05, 4.69) is 23.2 Å². The van der Waals surface area contributed by atoms with Crippen molar-refractivity contribution in [3.63, 3.8) is 0 Å². The first kappa shape index (κ1) is 11.7. The molecule has 0 bridgehead atoms. The summed E-state index contributed by atoms with van der Waals surface area (Å²) in [5, 5.41) is 3.14. The Labute approximate surface area is 97.8 Å². The van der Waals surface area contributed by atoms with E-state index < -0.39 is 0 Å². The topological polar surface area (TPSA) is 28.4 Å². The van der Waals surface area contributed by atoms with Crippen LogP contribution in [-0.4, -0.2) is 24.5 Å². The summed E-state index contributed by atoms with van der Waals surface area (Å²) in [7, 11) is 1.96.